The van der Waals surface area contributed by atoms with Crippen molar-refractivity contribution >= 4 is 34.6 Å². The van der Waals surface area contributed by atoms with Gasteiger partial charge in [0.15, 0.2) is 0 Å². The molecule has 15 heteroatoms. The number of alkyl halides is 6. The number of aliphatic carboxylic acids is 2. The molecule has 1 atom stereocenters. The van der Waals surface area contributed by atoms with Crippen molar-refractivity contribution in [2.24, 2.45) is 11.3 Å². The number of carbonyl (C=O) groups is 2. The second-order valence-electron chi connectivity index (χ2n) is 9.28. The highest BCUT2D eigenvalue weighted by Gasteiger charge is 2.47. The van der Waals surface area contributed by atoms with E-state index in [1.54, 1.807) is 11.3 Å². The molecule has 2 saturated heterocycles. The Morgan fingerprint density at radius 2 is 1.59 bits per heavy atom. The highest BCUT2D eigenvalue weighted by molar-refractivity contribution is 7.09. The van der Waals surface area contributed by atoms with Crippen LogP contribution in [-0.4, -0.2) is 84.2 Å². The first kappa shape index (κ1) is 33.0. The molecule has 2 aliphatic heterocycles. The van der Waals surface area contributed by atoms with Gasteiger partial charge in [-0.05, 0) is 65.2 Å². The molecule has 0 radical (unpaired) electrons. The van der Waals surface area contributed by atoms with Gasteiger partial charge in [0.2, 0.25) is 0 Å². The number of likely N-dealkylation sites (tertiary alicyclic amines) is 2. The molecular formula is C24H30F6N2O5S2. The van der Waals surface area contributed by atoms with E-state index in [2.05, 4.69) is 44.1 Å². The third-order valence-electron chi connectivity index (χ3n) is 6.53. The maximum Gasteiger partial charge on any atom is 0.490 e. The van der Waals surface area contributed by atoms with E-state index in [-0.39, 0.29) is 0 Å². The molecule has 4 heterocycles. The van der Waals surface area contributed by atoms with E-state index in [4.69, 9.17) is 24.5 Å². The number of halogens is 6. The topological polar surface area (TPSA) is 90.3 Å². The van der Waals surface area contributed by atoms with Crippen LogP contribution < -0.4 is 0 Å². The molecule has 4 rings (SSSR count). The number of thiophene rings is 2. The lowest BCUT2D eigenvalue weighted by Crippen LogP contribution is -2.44. The summed E-state index contributed by atoms with van der Waals surface area (Å²) in [7, 11) is 1.86. The Labute approximate surface area is 229 Å². The number of carboxylic acids is 2. The molecule has 0 aromatic carbocycles. The van der Waals surface area contributed by atoms with Crippen molar-refractivity contribution < 1.29 is 50.9 Å². The van der Waals surface area contributed by atoms with E-state index < -0.39 is 24.3 Å². The zero-order valence-electron chi connectivity index (χ0n) is 21.0. The van der Waals surface area contributed by atoms with E-state index in [1.165, 1.54) is 49.5 Å². The maximum absolute atomic E-state index is 10.6. The average Bonchev–Trinajstić information content (AvgIpc) is 3.59. The van der Waals surface area contributed by atoms with E-state index in [9.17, 15) is 26.3 Å². The molecule has 2 aromatic rings. The van der Waals surface area contributed by atoms with E-state index in [0.29, 0.717) is 11.3 Å². The molecule has 2 aliphatic rings. The predicted octanol–water partition coefficient (Wildman–Crippen LogP) is 5.44. The highest BCUT2D eigenvalue weighted by Crippen LogP contribution is 2.45. The van der Waals surface area contributed by atoms with E-state index in [0.717, 1.165) is 19.7 Å². The largest absolute Gasteiger partial charge is 0.490 e. The zero-order valence-corrected chi connectivity index (χ0v) is 22.6. The number of carboxylic acid groups (broad SMARTS) is 2. The fourth-order valence-electron chi connectivity index (χ4n) is 4.68. The molecule has 2 aromatic heterocycles. The Morgan fingerprint density at radius 1 is 1.00 bits per heavy atom. The van der Waals surface area contributed by atoms with Crippen LogP contribution in [0.4, 0.5) is 26.3 Å². The lowest BCUT2D eigenvalue weighted by Gasteiger charge is -2.42. The van der Waals surface area contributed by atoms with Gasteiger partial charge in [-0.15, -0.1) is 11.3 Å². The van der Waals surface area contributed by atoms with E-state index in [1.807, 2.05) is 18.4 Å². The van der Waals surface area contributed by atoms with Crippen molar-refractivity contribution in [3.63, 3.8) is 0 Å². The lowest BCUT2D eigenvalue weighted by molar-refractivity contribution is -0.193. The summed E-state index contributed by atoms with van der Waals surface area (Å²) in [5, 5.41) is 20.9. The Hall–Kier alpha value is -2.20. The summed E-state index contributed by atoms with van der Waals surface area (Å²) in [5.74, 6) is -4.83. The zero-order chi connectivity index (χ0) is 29.3. The van der Waals surface area contributed by atoms with Crippen molar-refractivity contribution in [2.45, 2.75) is 38.3 Å². The Bertz CT molecular complexity index is 983. The van der Waals surface area contributed by atoms with Gasteiger partial charge in [0.05, 0.1) is 6.61 Å². The third-order valence-corrected chi connectivity index (χ3v) is 8.13. The third kappa shape index (κ3) is 10.7. The minimum Gasteiger partial charge on any atom is -0.475 e. The minimum atomic E-state index is -5.08. The Kier molecular flexibility index (Phi) is 12.2. The molecule has 1 spiro atoms. The number of ether oxygens (including phenoxy) is 1. The van der Waals surface area contributed by atoms with Crippen LogP contribution in [-0.2, 0) is 27.4 Å². The number of hydrogen-bond donors (Lipinski definition) is 2. The van der Waals surface area contributed by atoms with Crippen LogP contribution in [0.25, 0.3) is 0 Å². The first-order valence-corrected chi connectivity index (χ1v) is 13.6. The predicted molar refractivity (Wildman–Crippen MR) is 134 cm³/mol. The SMILES string of the molecule is COCC1CN(Cc2ccsc2)CC12CCN(Cc1cccs1)CC2.O=C(O)C(F)(F)F.O=C(O)C(F)(F)F. The quantitative estimate of drug-likeness (QED) is 0.425. The molecule has 220 valence electrons. The van der Waals surface area contributed by atoms with Crippen LogP contribution >= 0.6 is 22.7 Å². The fourth-order valence-corrected chi connectivity index (χ4v) is 6.09. The van der Waals surface area contributed by atoms with Crippen LogP contribution in [0.3, 0.4) is 0 Å². The molecule has 0 bridgehead atoms. The second-order valence-corrected chi connectivity index (χ2v) is 11.1. The summed E-state index contributed by atoms with van der Waals surface area (Å²) < 4.78 is 69.1. The summed E-state index contributed by atoms with van der Waals surface area (Å²) in [4.78, 5) is 24.6. The second kappa shape index (κ2) is 14.4. The van der Waals surface area contributed by atoms with Gasteiger partial charge >= 0.3 is 24.3 Å². The van der Waals surface area contributed by atoms with Crippen LogP contribution in [0.2, 0.25) is 0 Å². The van der Waals surface area contributed by atoms with Gasteiger partial charge in [0.1, 0.15) is 0 Å². The molecule has 2 fully saturated rings. The van der Waals surface area contributed by atoms with Crippen LogP contribution in [0, 0.1) is 11.3 Å². The summed E-state index contributed by atoms with van der Waals surface area (Å²) in [6.45, 7) is 8.02. The standard InChI is InChI=1S/C20H28N2OS2.2C2HF3O2/c1-23-14-18-12-22(11-17-4-10-24-15-17)16-20(18)5-7-21(8-6-20)13-19-3-2-9-25-19;2*3-2(4,5)1(6)7/h2-4,9-10,15,18H,5-8,11-14,16H2,1H3;2*(H,6,7). The van der Waals surface area contributed by atoms with Gasteiger partial charge in [0, 0.05) is 44.1 Å². The molecular weight excluding hydrogens is 574 g/mol. The van der Waals surface area contributed by atoms with Gasteiger partial charge in [-0.3, -0.25) is 9.80 Å². The molecule has 0 saturated carbocycles. The lowest BCUT2D eigenvalue weighted by atomic mass is 9.71. The molecule has 39 heavy (non-hydrogen) atoms. The fraction of sp³-hybridized carbons (Fsp3) is 0.583. The molecule has 0 aliphatic carbocycles. The smallest absolute Gasteiger partial charge is 0.475 e. The minimum absolute atomic E-state index is 0.456. The summed E-state index contributed by atoms with van der Waals surface area (Å²) in [6, 6.07) is 6.70. The number of hydrogen-bond acceptors (Lipinski definition) is 7. The van der Waals surface area contributed by atoms with Gasteiger partial charge in [0.25, 0.3) is 0 Å². The summed E-state index contributed by atoms with van der Waals surface area (Å²) in [5.41, 5.74) is 1.92. The van der Waals surface area contributed by atoms with E-state index >= 15 is 0 Å². The normalized spacial score (nSPS) is 19.6. The van der Waals surface area contributed by atoms with Gasteiger partial charge in [-0.25, -0.2) is 9.59 Å². The Balaban J connectivity index is 0.000000317. The van der Waals surface area contributed by atoms with Gasteiger partial charge in [-0.1, -0.05) is 6.07 Å². The summed E-state index contributed by atoms with van der Waals surface area (Å²) >= 11 is 3.69. The van der Waals surface area contributed by atoms with Crippen molar-refractivity contribution in [3.8, 4) is 0 Å². The van der Waals surface area contributed by atoms with Crippen LogP contribution in [0.5, 0.6) is 0 Å². The molecule has 1 unspecified atom stereocenters. The van der Waals surface area contributed by atoms with Crippen molar-refractivity contribution in [3.05, 3.63) is 44.8 Å². The van der Waals surface area contributed by atoms with Crippen LogP contribution in [0.1, 0.15) is 23.3 Å². The number of piperidine rings is 1. The molecule has 0 amide bonds. The number of nitrogens with zero attached hydrogens (tertiary/aromatic N) is 2. The monoisotopic (exact) mass is 604 g/mol. The Morgan fingerprint density at radius 3 is 2.03 bits per heavy atom. The van der Waals surface area contributed by atoms with Crippen molar-refractivity contribution in [2.75, 3.05) is 39.9 Å². The van der Waals surface area contributed by atoms with Crippen molar-refractivity contribution in [1.82, 2.24) is 9.80 Å². The van der Waals surface area contributed by atoms with Gasteiger partial charge in [-0.2, -0.15) is 37.7 Å². The first-order valence-electron chi connectivity index (χ1n) is 11.7. The highest BCUT2D eigenvalue weighted by atomic mass is 32.1. The molecule has 2 N–H and O–H groups in total. The maximum atomic E-state index is 10.6. The first-order chi connectivity index (χ1) is 18.2. The van der Waals surface area contributed by atoms with Crippen LogP contribution in [0.15, 0.2) is 34.3 Å². The summed E-state index contributed by atoms with van der Waals surface area (Å²) in [6.07, 6.45) is -7.54. The molecule has 7 nitrogen and oxygen atoms in total. The average molecular weight is 605 g/mol. The number of rotatable bonds is 6. The van der Waals surface area contributed by atoms with Crippen molar-refractivity contribution in [1.29, 1.82) is 0 Å². The van der Waals surface area contributed by atoms with Gasteiger partial charge < -0.3 is 14.9 Å². The number of methoxy groups -OCH3 is 1.